The number of carboxylic acid groups (broad SMARTS) is 1. The van der Waals surface area contributed by atoms with Crippen molar-refractivity contribution in [2.24, 2.45) is 0 Å². The van der Waals surface area contributed by atoms with Crippen LogP contribution in [0.4, 0.5) is 0 Å². The Morgan fingerprint density at radius 2 is 2.23 bits per heavy atom. The average molecular weight is 180 g/mol. The molecule has 1 aromatic rings. The van der Waals surface area contributed by atoms with E-state index in [0.717, 1.165) is 5.56 Å². The number of rotatable bonds is 1. The fraction of sp³-hybridized carbons (Fsp3) is 0.222. The molecule has 0 bridgehead atoms. The molecular weight excluding hydrogens is 172 g/mol. The number of hydrogen-bond donors (Lipinski definition) is 1. The highest BCUT2D eigenvalue weighted by Gasteiger charge is 2.25. The van der Waals surface area contributed by atoms with E-state index in [2.05, 4.69) is 0 Å². The van der Waals surface area contributed by atoms with Gasteiger partial charge in [0.2, 0.25) is 0 Å². The van der Waals surface area contributed by atoms with Crippen LogP contribution < -0.4 is 4.74 Å². The van der Waals surface area contributed by atoms with Crippen LogP contribution in [0.3, 0.4) is 0 Å². The van der Waals surface area contributed by atoms with Crippen molar-refractivity contribution in [2.45, 2.75) is 12.9 Å². The number of ether oxygens (including phenoxy) is 2. The van der Waals surface area contributed by atoms with E-state index in [1.165, 1.54) is 0 Å². The Bertz CT molecular complexity index is 334. The van der Waals surface area contributed by atoms with Crippen LogP contribution >= 0.6 is 0 Å². The lowest BCUT2D eigenvalue weighted by Gasteiger charge is -2.22. The van der Waals surface area contributed by atoms with Gasteiger partial charge in [0.05, 0.1) is 6.61 Å². The van der Waals surface area contributed by atoms with E-state index in [0.29, 0.717) is 5.75 Å². The van der Waals surface area contributed by atoms with Crippen LogP contribution in [-0.4, -0.2) is 17.4 Å². The van der Waals surface area contributed by atoms with Gasteiger partial charge in [-0.1, -0.05) is 18.2 Å². The first-order valence-electron chi connectivity index (χ1n) is 3.86. The normalized spacial score (nSPS) is 20.2. The van der Waals surface area contributed by atoms with Gasteiger partial charge in [0.25, 0.3) is 6.29 Å². The van der Waals surface area contributed by atoms with Gasteiger partial charge in [-0.3, -0.25) is 0 Å². The summed E-state index contributed by atoms with van der Waals surface area (Å²) in [4.78, 5) is 10.5. The molecule has 0 fully saturated rings. The summed E-state index contributed by atoms with van der Waals surface area (Å²) in [5, 5.41) is 8.61. The molecular formula is C9H8O4. The molecule has 0 aromatic heterocycles. The predicted octanol–water partition coefficient (Wildman–Crippen LogP) is 1.01. The smallest absolute Gasteiger partial charge is 0.373 e. The Morgan fingerprint density at radius 1 is 1.46 bits per heavy atom. The minimum absolute atomic E-state index is 0.285. The molecule has 0 saturated carbocycles. The molecule has 68 valence electrons. The van der Waals surface area contributed by atoms with E-state index >= 15 is 0 Å². The topological polar surface area (TPSA) is 55.8 Å². The number of carboxylic acids is 1. The number of para-hydroxylation sites is 1. The highest BCUT2D eigenvalue weighted by Crippen LogP contribution is 2.25. The SMILES string of the molecule is O=C(O)C1OCc2ccccc2O1. The molecule has 4 nitrogen and oxygen atoms in total. The molecule has 1 unspecified atom stereocenters. The molecule has 0 aliphatic carbocycles. The van der Waals surface area contributed by atoms with Gasteiger partial charge in [-0.15, -0.1) is 0 Å². The lowest BCUT2D eigenvalue weighted by atomic mass is 10.2. The second kappa shape index (κ2) is 3.06. The van der Waals surface area contributed by atoms with Crippen LogP contribution in [0.5, 0.6) is 5.75 Å². The largest absolute Gasteiger partial charge is 0.477 e. The summed E-state index contributed by atoms with van der Waals surface area (Å²) in [6, 6.07) is 7.22. The Morgan fingerprint density at radius 3 is 3.00 bits per heavy atom. The molecule has 1 heterocycles. The zero-order chi connectivity index (χ0) is 9.26. The molecule has 0 amide bonds. The predicted molar refractivity (Wildman–Crippen MR) is 43.3 cm³/mol. The van der Waals surface area contributed by atoms with E-state index in [1.807, 2.05) is 12.1 Å². The standard InChI is InChI=1S/C9H8O4/c10-8(11)9-12-5-6-3-1-2-4-7(6)13-9/h1-4,9H,5H2,(H,10,11). The summed E-state index contributed by atoms with van der Waals surface area (Å²) in [7, 11) is 0. The number of carbonyl (C=O) groups is 1. The maximum Gasteiger partial charge on any atom is 0.373 e. The molecule has 0 radical (unpaired) electrons. The maximum absolute atomic E-state index is 10.5. The molecule has 1 aliphatic rings. The summed E-state index contributed by atoms with van der Waals surface area (Å²) in [5.41, 5.74) is 0.875. The van der Waals surface area contributed by atoms with E-state index in [1.54, 1.807) is 12.1 Å². The Kier molecular flexibility index (Phi) is 1.90. The molecule has 0 saturated heterocycles. The van der Waals surface area contributed by atoms with Crippen LogP contribution in [0.1, 0.15) is 5.56 Å². The number of fused-ring (bicyclic) bond motifs is 1. The molecule has 1 atom stereocenters. The van der Waals surface area contributed by atoms with Crippen molar-refractivity contribution in [3.05, 3.63) is 29.8 Å². The van der Waals surface area contributed by atoms with Crippen LogP contribution in [0.2, 0.25) is 0 Å². The van der Waals surface area contributed by atoms with E-state index in [9.17, 15) is 4.79 Å². The Hall–Kier alpha value is -1.55. The van der Waals surface area contributed by atoms with Gasteiger partial charge in [-0.05, 0) is 6.07 Å². The van der Waals surface area contributed by atoms with E-state index < -0.39 is 12.3 Å². The van der Waals surface area contributed by atoms with Gasteiger partial charge < -0.3 is 14.6 Å². The first kappa shape index (κ1) is 8.07. The molecule has 4 heteroatoms. The Balaban J connectivity index is 2.24. The van der Waals surface area contributed by atoms with Crippen molar-refractivity contribution in [3.63, 3.8) is 0 Å². The van der Waals surface area contributed by atoms with Gasteiger partial charge in [-0.2, -0.15) is 0 Å². The van der Waals surface area contributed by atoms with Crippen molar-refractivity contribution < 1.29 is 19.4 Å². The summed E-state index contributed by atoms with van der Waals surface area (Å²) in [6.07, 6.45) is -1.17. The van der Waals surface area contributed by atoms with Gasteiger partial charge in [0.1, 0.15) is 5.75 Å². The van der Waals surface area contributed by atoms with Crippen molar-refractivity contribution in [1.82, 2.24) is 0 Å². The van der Waals surface area contributed by atoms with Gasteiger partial charge >= 0.3 is 5.97 Å². The Labute approximate surface area is 74.7 Å². The summed E-state index contributed by atoms with van der Waals surface area (Å²) in [6.45, 7) is 0.285. The third kappa shape index (κ3) is 1.48. The van der Waals surface area contributed by atoms with Gasteiger partial charge in [0, 0.05) is 5.56 Å². The minimum atomic E-state index is -1.17. The maximum atomic E-state index is 10.5. The summed E-state index contributed by atoms with van der Waals surface area (Å²) >= 11 is 0. The van der Waals surface area contributed by atoms with Gasteiger partial charge in [0.15, 0.2) is 0 Å². The van der Waals surface area contributed by atoms with Crippen LogP contribution in [0.15, 0.2) is 24.3 Å². The molecule has 13 heavy (non-hydrogen) atoms. The number of aliphatic carboxylic acids is 1. The monoisotopic (exact) mass is 180 g/mol. The third-order valence-corrected chi connectivity index (χ3v) is 1.80. The number of hydrogen-bond acceptors (Lipinski definition) is 3. The van der Waals surface area contributed by atoms with Crippen LogP contribution in [0, 0.1) is 0 Å². The molecule has 2 rings (SSSR count). The average Bonchev–Trinajstić information content (AvgIpc) is 2.17. The lowest BCUT2D eigenvalue weighted by Crippen LogP contribution is -2.33. The minimum Gasteiger partial charge on any atom is -0.477 e. The highest BCUT2D eigenvalue weighted by atomic mass is 16.7. The quantitative estimate of drug-likeness (QED) is 0.700. The molecule has 1 aliphatic heterocycles. The van der Waals surface area contributed by atoms with Gasteiger partial charge in [-0.25, -0.2) is 4.79 Å². The number of benzene rings is 1. The molecule has 0 spiro atoms. The fourth-order valence-electron chi connectivity index (χ4n) is 1.17. The highest BCUT2D eigenvalue weighted by molar-refractivity contribution is 5.71. The lowest BCUT2D eigenvalue weighted by molar-refractivity contribution is -0.177. The second-order valence-corrected chi connectivity index (χ2v) is 2.71. The van der Waals surface area contributed by atoms with Crippen molar-refractivity contribution in [1.29, 1.82) is 0 Å². The van der Waals surface area contributed by atoms with E-state index in [-0.39, 0.29) is 6.61 Å². The van der Waals surface area contributed by atoms with Crippen molar-refractivity contribution >= 4 is 5.97 Å². The zero-order valence-electron chi connectivity index (χ0n) is 6.77. The zero-order valence-corrected chi connectivity index (χ0v) is 6.77. The van der Waals surface area contributed by atoms with Crippen LogP contribution in [0.25, 0.3) is 0 Å². The summed E-state index contributed by atoms with van der Waals surface area (Å²) in [5.74, 6) is -0.518. The van der Waals surface area contributed by atoms with Crippen molar-refractivity contribution in [3.8, 4) is 5.75 Å². The molecule has 1 aromatic carbocycles. The molecule has 1 N–H and O–H groups in total. The fourth-order valence-corrected chi connectivity index (χ4v) is 1.17. The first-order valence-corrected chi connectivity index (χ1v) is 3.86. The summed E-state index contributed by atoms with van der Waals surface area (Å²) < 4.78 is 10.0. The third-order valence-electron chi connectivity index (χ3n) is 1.80. The van der Waals surface area contributed by atoms with Crippen molar-refractivity contribution in [2.75, 3.05) is 0 Å². The second-order valence-electron chi connectivity index (χ2n) is 2.71. The first-order chi connectivity index (χ1) is 6.27. The van der Waals surface area contributed by atoms with Crippen LogP contribution in [-0.2, 0) is 16.1 Å². The van der Waals surface area contributed by atoms with E-state index in [4.69, 9.17) is 14.6 Å².